The Morgan fingerprint density at radius 3 is 2.53 bits per heavy atom. The normalized spacial score (nSPS) is 22.1. The number of thiol groups is 1. The van der Waals surface area contributed by atoms with Crippen LogP contribution in [-0.4, -0.2) is 22.7 Å². The van der Waals surface area contributed by atoms with E-state index in [1.807, 2.05) is 13.8 Å². The number of rotatable bonds is 6. The van der Waals surface area contributed by atoms with Crippen molar-refractivity contribution in [2.24, 2.45) is 11.3 Å². The molecule has 1 aliphatic carbocycles. The van der Waals surface area contributed by atoms with E-state index in [2.05, 4.69) is 17.9 Å². The summed E-state index contributed by atoms with van der Waals surface area (Å²) in [5, 5.41) is 11.4. The fourth-order valence-corrected chi connectivity index (χ4v) is 1.85. The van der Waals surface area contributed by atoms with Gasteiger partial charge in [0.15, 0.2) is 0 Å². The Morgan fingerprint density at radius 1 is 1.53 bits per heavy atom. The van der Waals surface area contributed by atoms with Gasteiger partial charge in [-0.2, -0.15) is 12.6 Å². The summed E-state index contributed by atoms with van der Waals surface area (Å²) in [4.78, 5) is 22.7. The molecule has 1 fully saturated rings. The lowest BCUT2D eigenvalue weighted by Gasteiger charge is -2.07. The van der Waals surface area contributed by atoms with Crippen molar-refractivity contribution >= 4 is 24.5 Å². The summed E-state index contributed by atoms with van der Waals surface area (Å²) in [5.41, 5.74) is -0.00167. The number of hydrogen-bond acceptors (Lipinski definition) is 3. The van der Waals surface area contributed by atoms with Crippen LogP contribution >= 0.6 is 12.6 Å². The van der Waals surface area contributed by atoms with Crippen molar-refractivity contribution in [2.75, 3.05) is 5.75 Å². The van der Waals surface area contributed by atoms with Gasteiger partial charge in [0, 0.05) is 5.92 Å². The summed E-state index contributed by atoms with van der Waals surface area (Å²) in [6, 6.07) is 0. The summed E-state index contributed by atoms with van der Waals surface area (Å²) in [7, 11) is 0. The SMILES string of the molecule is CC1(C)CC1C(=O)N/C(=C\CCCS)C(=O)O. The second kappa shape index (κ2) is 5.58. The highest BCUT2D eigenvalue weighted by molar-refractivity contribution is 7.80. The van der Waals surface area contributed by atoms with E-state index >= 15 is 0 Å². The van der Waals surface area contributed by atoms with Gasteiger partial charge in [-0.1, -0.05) is 19.9 Å². The maximum Gasteiger partial charge on any atom is 0.352 e. The lowest BCUT2D eigenvalue weighted by molar-refractivity contribution is -0.135. The van der Waals surface area contributed by atoms with Gasteiger partial charge in [0.1, 0.15) is 5.70 Å². The van der Waals surface area contributed by atoms with Gasteiger partial charge < -0.3 is 10.4 Å². The number of amides is 1. The molecule has 0 aromatic rings. The van der Waals surface area contributed by atoms with Gasteiger partial charge in [-0.15, -0.1) is 0 Å². The standard InChI is InChI=1S/C12H19NO3S/c1-12(2)7-8(12)10(14)13-9(11(15)16)5-3-4-6-17/h5,8,17H,3-4,6-7H2,1-2H3,(H,13,14)(H,15,16)/b9-5-. The second-order valence-electron chi connectivity index (χ2n) is 5.02. The Balaban J connectivity index is 2.53. The van der Waals surface area contributed by atoms with Crippen molar-refractivity contribution in [3.8, 4) is 0 Å². The maximum absolute atomic E-state index is 11.7. The molecule has 1 amide bonds. The first kappa shape index (κ1) is 14.1. The average Bonchev–Trinajstić information content (AvgIpc) is 2.86. The van der Waals surface area contributed by atoms with E-state index < -0.39 is 5.97 Å². The number of carboxylic acids is 1. The van der Waals surface area contributed by atoms with Crippen LogP contribution in [0, 0.1) is 11.3 Å². The van der Waals surface area contributed by atoms with Crippen LogP contribution in [0.15, 0.2) is 11.8 Å². The van der Waals surface area contributed by atoms with E-state index in [9.17, 15) is 9.59 Å². The van der Waals surface area contributed by atoms with Crippen LogP contribution in [0.4, 0.5) is 0 Å². The molecule has 1 atom stereocenters. The molecular formula is C12H19NO3S. The number of aliphatic carboxylic acids is 1. The molecule has 0 heterocycles. The first-order chi connectivity index (χ1) is 7.88. The van der Waals surface area contributed by atoms with Crippen LogP contribution in [-0.2, 0) is 9.59 Å². The molecular weight excluding hydrogens is 238 g/mol. The van der Waals surface area contributed by atoms with Crippen molar-refractivity contribution in [1.29, 1.82) is 0 Å². The zero-order valence-corrected chi connectivity index (χ0v) is 11.1. The van der Waals surface area contributed by atoms with Crippen molar-refractivity contribution in [2.45, 2.75) is 33.1 Å². The molecule has 1 saturated carbocycles. The van der Waals surface area contributed by atoms with E-state index in [0.717, 1.165) is 12.8 Å². The summed E-state index contributed by atoms with van der Waals surface area (Å²) >= 11 is 4.05. The molecule has 0 saturated heterocycles. The van der Waals surface area contributed by atoms with Crippen LogP contribution in [0.25, 0.3) is 0 Å². The fraction of sp³-hybridized carbons (Fsp3) is 0.667. The summed E-state index contributed by atoms with van der Waals surface area (Å²) in [6.07, 6.45) is 3.78. The lowest BCUT2D eigenvalue weighted by atomic mass is 10.1. The van der Waals surface area contributed by atoms with Gasteiger partial charge in [0.2, 0.25) is 5.91 Å². The molecule has 0 aliphatic heterocycles. The number of hydrogen-bond donors (Lipinski definition) is 3. The Hall–Kier alpha value is -0.970. The highest BCUT2D eigenvalue weighted by atomic mass is 32.1. The summed E-state index contributed by atoms with van der Waals surface area (Å²) in [6.45, 7) is 4.00. The predicted octanol–water partition coefficient (Wildman–Crippen LogP) is 1.83. The molecule has 0 bridgehead atoms. The number of carbonyl (C=O) groups excluding carboxylic acids is 1. The minimum absolute atomic E-state index is 0.0127. The monoisotopic (exact) mass is 257 g/mol. The largest absolute Gasteiger partial charge is 0.477 e. The molecule has 5 heteroatoms. The van der Waals surface area contributed by atoms with Crippen LogP contribution in [0.3, 0.4) is 0 Å². The fourth-order valence-electron chi connectivity index (χ4n) is 1.66. The average molecular weight is 257 g/mol. The Kier molecular flexibility index (Phi) is 4.62. The van der Waals surface area contributed by atoms with E-state index in [1.165, 1.54) is 0 Å². The van der Waals surface area contributed by atoms with Gasteiger partial charge in [-0.3, -0.25) is 4.79 Å². The van der Waals surface area contributed by atoms with Crippen LogP contribution in [0.1, 0.15) is 33.1 Å². The highest BCUT2D eigenvalue weighted by Crippen LogP contribution is 2.51. The molecule has 1 aliphatic rings. The van der Waals surface area contributed by atoms with Crippen molar-refractivity contribution in [3.05, 3.63) is 11.8 Å². The van der Waals surface area contributed by atoms with E-state index in [0.29, 0.717) is 12.2 Å². The zero-order chi connectivity index (χ0) is 13.1. The van der Waals surface area contributed by atoms with Crippen molar-refractivity contribution in [1.82, 2.24) is 5.32 Å². The van der Waals surface area contributed by atoms with E-state index in [-0.39, 0.29) is 22.9 Å². The molecule has 0 aromatic carbocycles. The molecule has 0 radical (unpaired) electrons. The van der Waals surface area contributed by atoms with Gasteiger partial charge in [-0.05, 0) is 30.4 Å². The number of carboxylic acid groups (broad SMARTS) is 1. The van der Waals surface area contributed by atoms with Gasteiger partial charge in [0.05, 0.1) is 0 Å². The Morgan fingerprint density at radius 2 is 2.12 bits per heavy atom. The smallest absolute Gasteiger partial charge is 0.352 e. The third-order valence-corrected chi connectivity index (χ3v) is 3.35. The zero-order valence-electron chi connectivity index (χ0n) is 10.2. The van der Waals surface area contributed by atoms with Crippen LogP contribution in [0.2, 0.25) is 0 Å². The maximum atomic E-state index is 11.7. The third-order valence-electron chi connectivity index (χ3n) is 3.03. The molecule has 96 valence electrons. The first-order valence-electron chi connectivity index (χ1n) is 5.73. The number of allylic oxidation sites excluding steroid dienone is 1. The van der Waals surface area contributed by atoms with Crippen molar-refractivity contribution in [3.63, 3.8) is 0 Å². The molecule has 17 heavy (non-hydrogen) atoms. The predicted molar refractivity (Wildman–Crippen MR) is 68.8 cm³/mol. The molecule has 1 rings (SSSR count). The topological polar surface area (TPSA) is 66.4 Å². The third kappa shape index (κ3) is 4.07. The van der Waals surface area contributed by atoms with Gasteiger partial charge in [-0.25, -0.2) is 4.79 Å². The van der Waals surface area contributed by atoms with Crippen LogP contribution in [0.5, 0.6) is 0 Å². The molecule has 0 spiro atoms. The molecule has 2 N–H and O–H groups in total. The Labute approximate surface area is 107 Å². The summed E-state index contributed by atoms with van der Waals surface area (Å²) in [5.74, 6) is -0.631. The number of unbranched alkanes of at least 4 members (excludes halogenated alkanes) is 1. The van der Waals surface area contributed by atoms with E-state index in [1.54, 1.807) is 6.08 Å². The van der Waals surface area contributed by atoms with Gasteiger partial charge >= 0.3 is 5.97 Å². The quantitative estimate of drug-likeness (QED) is 0.386. The molecule has 1 unspecified atom stereocenters. The minimum Gasteiger partial charge on any atom is -0.477 e. The molecule has 4 nitrogen and oxygen atoms in total. The van der Waals surface area contributed by atoms with Crippen LogP contribution < -0.4 is 5.32 Å². The first-order valence-corrected chi connectivity index (χ1v) is 6.37. The minimum atomic E-state index is -1.09. The Bertz CT molecular complexity index is 350. The van der Waals surface area contributed by atoms with Gasteiger partial charge in [0.25, 0.3) is 0 Å². The van der Waals surface area contributed by atoms with Crippen molar-refractivity contribution < 1.29 is 14.7 Å². The summed E-state index contributed by atoms with van der Waals surface area (Å²) < 4.78 is 0. The van der Waals surface area contributed by atoms with E-state index in [4.69, 9.17) is 5.11 Å². The number of nitrogens with one attached hydrogen (secondary N) is 1. The number of carbonyl (C=O) groups is 2. The second-order valence-corrected chi connectivity index (χ2v) is 5.47. The highest BCUT2D eigenvalue weighted by Gasteiger charge is 2.50. The lowest BCUT2D eigenvalue weighted by Crippen LogP contribution is -2.29. The molecule has 0 aromatic heterocycles.